The number of amides is 1. The van der Waals surface area contributed by atoms with Gasteiger partial charge in [-0.25, -0.2) is 4.39 Å². The molecule has 1 fully saturated rings. The second kappa shape index (κ2) is 10.7. The number of nitrogens with one attached hydrogen (secondary N) is 2. The van der Waals surface area contributed by atoms with E-state index in [1.165, 1.54) is 0 Å². The van der Waals surface area contributed by atoms with Crippen molar-refractivity contribution in [2.45, 2.75) is 38.1 Å². The Bertz CT molecular complexity index is 1260. The van der Waals surface area contributed by atoms with Gasteiger partial charge in [-0.15, -0.1) is 18.3 Å². The summed E-state index contributed by atoms with van der Waals surface area (Å²) in [5.41, 5.74) is 0.209. The van der Waals surface area contributed by atoms with Gasteiger partial charge in [0.1, 0.15) is 17.3 Å². The van der Waals surface area contributed by atoms with Crippen molar-refractivity contribution in [1.29, 1.82) is 0 Å². The minimum absolute atomic E-state index is 0.0884. The van der Waals surface area contributed by atoms with Crippen molar-refractivity contribution in [3.05, 3.63) is 54.2 Å². The van der Waals surface area contributed by atoms with E-state index in [9.17, 15) is 27.2 Å². The van der Waals surface area contributed by atoms with Gasteiger partial charge in [-0.3, -0.25) is 9.59 Å². The van der Waals surface area contributed by atoms with Crippen LogP contribution in [0.4, 0.5) is 35.0 Å². The summed E-state index contributed by atoms with van der Waals surface area (Å²) in [5.74, 6) is -3.60. The Hall–Kier alpha value is -4.36. The van der Waals surface area contributed by atoms with Crippen LogP contribution in [0.1, 0.15) is 36.4 Å². The summed E-state index contributed by atoms with van der Waals surface area (Å²) in [6.07, 6.45) is -2.72. The Balaban J connectivity index is 1.31. The number of anilines is 3. The predicted octanol–water partition coefficient (Wildman–Crippen LogP) is 5.13. The molecule has 1 aromatic heterocycles. The molecule has 10 nitrogen and oxygen atoms in total. The van der Waals surface area contributed by atoms with Crippen LogP contribution in [0.25, 0.3) is 0 Å². The Morgan fingerprint density at radius 2 is 1.68 bits per heavy atom. The molecule has 14 heteroatoms. The summed E-state index contributed by atoms with van der Waals surface area (Å²) in [6.45, 7) is 0. The Morgan fingerprint density at radius 3 is 2.32 bits per heavy atom. The zero-order valence-electron chi connectivity index (χ0n) is 18.9. The minimum Gasteiger partial charge on any atom is -0.490 e. The first kappa shape index (κ1) is 25.7. The third-order valence-electron chi connectivity index (χ3n) is 5.41. The number of hydrogen-bond donors (Lipinski definition) is 3. The summed E-state index contributed by atoms with van der Waals surface area (Å²) in [4.78, 5) is 23.5. The molecule has 1 saturated carbocycles. The zero-order chi connectivity index (χ0) is 26.6. The number of hydrogen-bond acceptors (Lipinski definition) is 8. The zero-order valence-corrected chi connectivity index (χ0v) is 18.9. The number of rotatable bonds is 8. The fourth-order valence-corrected chi connectivity index (χ4v) is 3.74. The highest BCUT2D eigenvalue weighted by molar-refractivity contribution is 6.00. The highest BCUT2D eigenvalue weighted by Crippen LogP contribution is 2.29. The number of benzene rings is 2. The molecule has 1 amide bonds. The van der Waals surface area contributed by atoms with E-state index in [2.05, 4.69) is 25.6 Å². The first-order chi connectivity index (χ1) is 17.5. The lowest BCUT2D eigenvalue weighted by atomic mass is 9.87. The average molecular weight is 524 g/mol. The maximum atomic E-state index is 13.6. The number of carboxylic acid groups (broad SMARTS) is 1. The summed E-state index contributed by atoms with van der Waals surface area (Å²) >= 11 is 0. The van der Waals surface area contributed by atoms with Crippen molar-refractivity contribution >= 4 is 29.3 Å². The predicted molar refractivity (Wildman–Crippen MR) is 119 cm³/mol. The lowest BCUT2D eigenvalue weighted by molar-refractivity contribution is -0.274. The summed E-state index contributed by atoms with van der Waals surface area (Å²) in [6, 6.07) is 8.37. The van der Waals surface area contributed by atoms with Crippen LogP contribution in [0, 0.1) is 11.7 Å². The molecule has 4 rings (SSSR count). The van der Waals surface area contributed by atoms with Crippen LogP contribution in [0.5, 0.6) is 11.5 Å². The molecule has 0 bridgehead atoms. The molecule has 2 aromatic carbocycles. The number of carbonyl (C=O) groups excluding carboxylic acids is 1. The van der Waals surface area contributed by atoms with E-state index in [-0.39, 0.29) is 23.7 Å². The van der Waals surface area contributed by atoms with E-state index < -0.39 is 35.7 Å². The molecule has 1 aliphatic rings. The van der Waals surface area contributed by atoms with Crippen LogP contribution < -0.4 is 20.1 Å². The molecule has 3 N–H and O–H groups in total. The van der Waals surface area contributed by atoms with Crippen molar-refractivity contribution in [2.75, 3.05) is 10.6 Å². The Morgan fingerprint density at radius 1 is 0.973 bits per heavy atom. The highest BCUT2D eigenvalue weighted by atomic mass is 19.4. The molecule has 0 radical (unpaired) electrons. The first-order valence-corrected chi connectivity index (χ1v) is 11.0. The third-order valence-corrected chi connectivity index (χ3v) is 5.41. The van der Waals surface area contributed by atoms with Crippen molar-refractivity contribution in [3.63, 3.8) is 0 Å². The van der Waals surface area contributed by atoms with Crippen LogP contribution in [0.3, 0.4) is 0 Å². The number of aliphatic carboxylic acids is 1. The molecule has 1 heterocycles. The number of nitrogens with zero attached hydrogens (tertiary/aromatic N) is 2. The van der Waals surface area contributed by atoms with Gasteiger partial charge in [-0.05, 0) is 56.0 Å². The van der Waals surface area contributed by atoms with E-state index >= 15 is 0 Å². The minimum atomic E-state index is -5.01. The first-order valence-electron chi connectivity index (χ1n) is 11.0. The SMILES string of the molecule is O=C(Nc1ccc(O[C@H]2CC[C@@H](C(=O)O)CC2)cc1)c1nnc(Nc2cc(F)cc(OC(F)(F)F)c2)o1. The summed E-state index contributed by atoms with van der Waals surface area (Å²) in [7, 11) is 0. The number of carboxylic acids is 1. The summed E-state index contributed by atoms with van der Waals surface area (Å²) < 4.78 is 65.5. The number of ether oxygens (including phenoxy) is 2. The van der Waals surface area contributed by atoms with E-state index in [0.29, 0.717) is 43.2 Å². The number of alkyl halides is 3. The lowest BCUT2D eigenvalue weighted by Gasteiger charge is -2.26. The van der Waals surface area contributed by atoms with Crippen LogP contribution in [0.15, 0.2) is 46.9 Å². The molecule has 37 heavy (non-hydrogen) atoms. The molecule has 0 spiro atoms. The molecular formula is C23H20F4N4O6. The van der Waals surface area contributed by atoms with E-state index in [1.54, 1.807) is 24.3 Å². The lowest BCUT2D eigenvalue weighted by Crippen LogP contribution is -2.27. The third kappa shape index (κ3) is 7.32. The van der Waals surface area contributed by atoms with Gasteiger partial charge in [0, 0.05) is 23.5 Å². The van der Waals surface area contributed by atoms with Gasteiger partial charge in [-0.2, -0.15) is 0 Å². The molecule has 0 atom stereocenters. The highest BCUT2D eigenvalue weighted by Gasteiger charge is 2.31. The van der Waals surface area contributed by atoms with Gasteiger partial charge in [0.2, 0.25) is 0 Å². The second-order valence-electron chi connectivity index (χ2n) is 8.17. The van der Waals surface area contributed by atoms with Crippen molar-refractivity contribution < 1.29 is 46.1 Å². The van der Waals surface area contributed by atoms with E-state index in [0.717, 1.165) is 12.1 Å². The molecule has 3 aromatic rings. The molecule has 1 aliphatic carbocycles. The smallest absolute Gasteiger partial charge is 0.490 e. The normalized spacial score (nSPS) is 17.6. The number of aromatic nitrogens is 2. The fraction of sp³-hybridized carbons (Fsp3) is 0.304. The molecule has 0 unspecified atom stereocenters. The monoisotopic (exact) mass is 524 g/mol. The van der Waals surface area contributed by atoms with Gasteiger partial charge in [0.05, 0.1) is 12.0 Å². The van der Waals surface area contributed by atoms with Gasteiger partial charge in [-0.1, -0.05) is 5.10 Å². The van der Waals surface area contributed by atoms with Crippen LogP contribution >= 0.6 is 0 Å². The van der Waals surface area contributed by atoms with Gasteiger partial charge < -0.3 is 29.6 Å². The molecule has 196 valence electrons. The number of halogens is 4. The van der Waals surface area contributed by atoms with Crippen LogP contribution in [-0.4, -0.2) is 39.6 Å². The van der Waals surface area contributed by atoms with Crippen molar-refractivity contribution in [2.24, 2.45) is 5.92 Å². The van der Waals surface area contributed by atoms with Crippen LogP contribution in [-0.2, 0) is 4.79 Å². The average Bonchev–Trinajstić information content (AvgIpc) is 3.28. The molecule has 0 aliphatic heterocycles. The largest absolute Gasteiger partial charge is 0.573 e. The topological polar surface area (TPSA) is 136 Å². The van der Waals surface area contributed by atoms with Gasteiger partial charge in [0.15, 0.2) is 0 Å². The van der Waals surface area contributed by atoms with Gasteiger partial charge >= 0.3 is 30.1 Å². The Kier molecular flexibility index (Phi) is 7.45. The van der Waals surface area contributed by atoms with E-state index in [1.807, 2.05) is 0 Å². The van der Waals surface area contributed by atoms with E-state index in [4.69, 9.17) is 14.3 Å². The molecular weight excluding hydrogens is 504 g/mol. The molecule has 0 saturated heterocycles. The maximum Gasteiger partial charge on any atom is 0.573 e. The van der Waals surface area contributed by atoms with Crippen LogP contribution in [0.2, 0.25) is 0 Å². The van der Waals surface area contributed by atoms with Crippen molar-refractivity contribution in [3.8, 4) is 11.5 Å². The quantitative estimate of drug-likeness (QED) is 0.343. The number of carbonyl (C=O) groups is 2. The van der Waals surface area contributed by atoms with Gasteiger partial charge in [0.25, 0.3) is 0 Å². The fourth-order valence-electron chi connectivity index (χ4n) is 3.74. The summed E-state index contributed by atoms with van der Waals surface area (Å²) in [5, 5.41) is 21.2. The maximum absolute atomic E-state index is 13.6. The standard InChI is InChI=1S/C23H20F4N4O6/c24-13-9-15(11-18(10-13)37-23(25,26)27)29-22-31-30-20(36-22)19(32)28-14-3-7-17(8-4-14)35-16-5-1-12(2-6-16)21(33)34/h3-4,7-12,16H,1-2,5-6H2,(H,28,32)(H,29,31)(H,33,34)/t12-,16+. The Labute approximate surface area is 206 Å². The second-order valence-corrected chi connectivity index (χ2v) is 8.17. The van der Waals surface area contributed by atoms with Crippen molar-refractivity contribution in [1.82, 2.24) is 10.2 Å².